The molecule has 1 aromatic carbocycles. The van der Waals surface area contributed by atoms with Crippen molar-refractivity contribution in [1.82, 2.24) is 4.98 Å². The maximum atomic E-state index is 5.82. The minimum atomic E-state index is 0.493. The molecule has 2 aromatic rings. The van der Waals surface area contributed by atoms with Crippen LogP contribution in [0.3, 0.4) is 0 Å². The molecule has 0 bridgehead atoms. The van der Waals surface area contributed by atoms with Crippen LogP contribution in [0.15, 0.2) is 17.5 Å². The van der Waals surface area contributed by atoms with E-state index in [1.807, 2.05) is 5.38 Å². The molecule has 0 aliphatic carbocycles. The summed E-state index contributed by atoms with van der Waals surface area (Å²) in [5.74, 6) is 0.931. The molecule has 0 spiro atoms. The van der Waals surface area contributed by atoms with Gasteiger partial charge in [0.25, 0.3) is 0 Å². The van der Waals surface area contributed by atoms with Crippen LogP contribution in [0, 0.1) is 20.8 Å². The molecule has 0 amide bonds. The molecule has 4 heteroatoms. The highest BCUT2D eigenvalue weighted by Crippen LogP contribution is 2.23. The number of aryl methyl sites for hydroxylation is 3. The van der Waals surface area contributed by atoms with E-state index >= 15 is 0 Å². The van der Waals surface area contributed by atoms with E-state index in [1.165, 1.54) is 11.1 Å². The van der Waals surface area contributed by atoms with E-state index in [0.29, 0.717) is 13.2 Å². The predicted octanol–water partition coefficient (Wildman–Crippen LogP) is 3.11. The van der Waals surface area contributed by atoms with E-state index in [1.54, 1.807) is 11.3 Å². The molecule has 0 fully saturated rings. The quantitative estimate of drug-likeness (QED) is 0.921. The van der Waals surface area contributed by atoms with Gasteiger partial charge in [0.1, 0.15) is 17.4 Å². The molecule has 0 unspecified atom stereocenters. The van der Waals surface area contributed by atoms with Gasteiger partial charge in [-0.1, -0.05) is 6.07 Å². The van der Waals surface area contributed by atoms with Crippen molar-refractivity contribution in [3.05, 3.63) is 44.9 Å². The lowest BCUT2D eigenvalue weighted by Gasteiger charge is -2.10. The second-order valence-electron chi connectivity index (χ2n) is 4.43. The molecule has 0 aliphatic rings. The number of hydrogen-bond acceptors (Lipinski definition) is 4. The summed E-state index contributed by atoms with van der Waals surface area (Å²) < 4.78 is 5.82. The Labute approximate surface area is 112 Å². The summed E-state index contributed by atoms with van der Waals surface area (Å²) >= 11 is 1.58. The summed E-state index contributed by atoms with van der Waals surface area (Å²) in [7, 11) is 0. The number of benzene rings is 1. The summed E-state index contributed by atoms with van der Waals surface area (Å²) in [5.41, 5.74) is 10.2. The molecule has 1 heterocycles. The van der Waals surface area contributed by atoms with Gasteiger partial charge in [-0.3, -0.25) is 0 Å². The van der Waals surface area contributed by atoms with Gasteiger partial charge in [0.2, 0.25) is 0 Å². The molecule has 0 radical (unpaired) electrons. The lowest BCUT2D eigenvalue weighted by Crippen LogP contribution is -2.00. The predicted molar refractivity (Wildman–Crippen MR) is 75.0 cm³/mol. The van der Waals surface area contributed by atoms with E-state index in [0.717, 1.165) is 22.0 Å². The number of nitrogens with zero attached hydrogens (tertiary/aromatic N) is 1. The third kappa shape index (κ3) is 2.89. The van der Waals surface area contributed by atoms with Crippen LogP contribution in [0.25, 0.3) is 0 Å². The molecule has 0 saturated heterocycles. The largest absolute Gasteiger partial charge is 0.487 e. The minimum Gasteiger partial charge on any atom is -0.487 e. The number of ether oxygens (including phenoxy) is 1. The molecule has 0 atom stereocenters. The van der Waals surface area contributed by atoms with Crippen molar-refractivity contribution >= 4 is 11.3 Å². The van der Waals surface area contributed by atoms with Gasteiger partial charge in [0.15, 0.2) is 0 Å². The highest BCUT2D eigenvalue weighted by Gasteiger charge is 2.05. The molecule has 1 aromatic heterocycles. The number of aromatic nitrogens is 1. The molecular formula is C14H18N2OS. The molecular weight excluding hydrogens is 244 g/mol. The minimum absolute atomic E-state index is 0.493. The first-order chi connectivity index (χ1) is 8.60. The fourth-order valence-corrected chi connectivity index (χ4v) is 2.41. The Balaban J connectivity index is 2.08. The smallest absolute Gasteiger partial charge is 0.131 e. The van der Waals surface area contributed by atoms with E-state index in [4.69, 9.17) is 10.5 Å². The molecule has 2 rings (SSSR count). The third-order valence-corrected chi connectivity index (χ3v) is 3.86. The number of thiazole rings is 1. The normalized spacial score (nSPS) is 10.7. The van der Waals surface area contributed by atoms with Crippen LogP contribution in [0.2, 0.25) is 0 Å². The first kappa shape index (κ1) is 13.1. The van der Waals surface area contributed by atoms with E-state index in [2.05, 4.69) is 37.9 Å². The van der Waals surface area contributed by atoms with Crippen molar-refractivity contribution < 1.29 is 4.74 Å². The van der Waals surface area contributed by atoms with E-state index in [9.17, 15) is 0 Å². The lowest BCUT2D eigenvalue weighted by molar-refractivity contribution is 0.299. The van der Waals surface area contributed by atoms with Crippen molar-refractivity contribution in [2.24, 2.45) is 5.73 Å². The fraction of sp³-hybridized carbons (Fsp3) is 0.357. The summed E-state index contributed by atoms with van der Waals surface area (Å²) in [6.45, 7) is 7.26. The maximum Gasteiger partial charge on any atom is 0.131 e. The SMILES string of the molecule is Cc1cc(C)c(OCc2csc(CN)n2)cc1C. The number of hydrogen-bond donors (Lipinski definition) is 1. The highest BCUT2D eigenvalue weighted by molar-refractivity contribution is 7.09. The van der Waals surface area contributed by atoms with Gasteiger partial charge >= 0.3 is 0 Å². The average Bonchev–Trinajstić information content (AvgIpc) is 2.80. The standard InChI is InChI=1S/C14H18N2OS/c1-9-4-11(3)13(5-10(9)2)17-7-12-8-18-14(6-15)16-12/h4-5,8H,6-7,15H2,1-3H3. The molecule has 0 saturated carbocycles. The summed E-state index contributed by atoms with van der Waals surface area (Å²) in [4.78, 5) is 4.38. The molecule has 96 valence electrons. The number of rotatable bonds is 4. The third-order valence-electron chi connectivity index (χ3n) is 2.94. The topological polar surface area (TPSA) is 48.1 Å². The van der Waals surface area contributed by atoms with Crippen LogP contribution in [0.4, 0.5) is 0 Å². The first-order valence-corrected chi connectivity index (χ1v) is 6.82. The molecule has 18 heavy (non-hydrogen) atoms. The van der Waals surface area contributed by atoms with Gasteiger partial charge in [-0.25, -0.2) is 4.98 Å². The lowest BCUT2D eigenvalue weighted by atomic mass is 10.1. The zero-order chi connectivity index (χ0) is 13.1. The van der Waals surface area contributed by atoms with Crippen molar-refractivity contribution in [1.29, 1.82) is 0 Å². The Morgan fingerprint density at radius 1 is 1.17 bits per heavy atom. The molecule has 0 aliphatic heterocycles. The Morgan fingerprint density at radius 2 is 1.89 bits per heavy atom. The maximum absolute atomic E-state index is 5.82. The van der Waals surface area contributed by atoms with Crippen LogP contribution in [0.5, 0.6) is 5.75 Å². The van der Waals surface area contributed by atoms with Crippen molar-refractivity contribution in [3.8, 4) is 5.75 Å². The second kappa shape index (κ2) is 5.50. The van der Waals surface area contributed by atoms with Gasteiger partial charge in [-0.05, 0) is 43.5 Å². The van der Waals surface area contributed by atoms with Gasteiger partial charge in [0.05, 0.1) is 5.69 Å². The highest BCUT2D eigenvalue weighted by atomic mass is 32.1. The van der Waals surface area contributed by atoms with Crippen molar-refractivity contribution in [3.63, 3.8) is 0 Å². The van der Waals surface area contributed by atoms with E-state index < -0.39 is 0 Å². The van der Waals surface area contributed by atoms with Crippen LogP contribution in [0.1, 0.15) is 27.4 Å². The second-order valence-corrected chi connectivity index (χ2v) is 5.37. The average molecular weight is 262 g/mol. The molecule has 3 nitrogen and oxygen atoms in total. The zero-order valence-corrected chi connectivity index (χ0v) is 11.8. The zero-order valence-electron chi connectivity index (χ0n) is 11.0. The van der Waals surface area contributed by atoms with Crippen LogP contribution in [-0.4, -0.2) is 4.98 Å². The van der Waals surface area contributed by atoms with Gasteiger partial charge in [-0.15, -0.1) is 11.3 Å². The molecule has 2 N–H and O–H groups in total. The summed E-state index contributed by atoms with van der Waals surface area (Å²) in [5, 5.41) is 2.95. The Kier molecular flexibility index (Phi) is 3.99. The Hall–Kier alpha value is -1.39. The summed E-state index contributed by atoms with van der Waals surface area (Å²) in [6, 6.07) is 4.23. The monoisotopic (exact) mass is 262 g/mol. The number of nitrogens with two attached hydrogens (primary N) is 1. The first-order valence-electron chi connectivity index (χ1n) is 5.94. The van der Waals surface area contributed by atoms with Crippen molar-refractivity contribution in [2.75, 3.05) is 0 Å². The van der Waals surface area contributed by atoms with Crippen LogP contribution in [-0.2, 0) is 13.2 Å². The van der Waals surface area contributed by atoms with Gasteiger partial charge < -0.3 is 10.5 Å². The van der Waals surface area contributed by atoms with Crippen LogP contribution < -0.4 is 10.5 Å². The van der Waals surface area contributed by atoms with Crippen LogP contribution >= 0.6 is 11.3 Å². The Bertz CT molecular complexity index is 549. The Morgan fingerprint density at radius 3 is 2.56 bits per heavy atom. The summed E-state index contributed by atoms with van der Waals surface area (Å²) in [6.07, 6.45) is 0. The fourth-order valence-electron chi connectivity index (χ4n) is 1.75. The van der Waals surface area contributed by atoms with E-state index in [-0.39, 0.29) is 0 Å². The van der Waals surface area contributed by atoms with Gasteiger partial charge in [0, 0.05) is 11.9 Å². The van der Waals surface area contributed by atoms with Gasteiger partial charge in [-0.2, -0.15) is 0 Å². The van der Waals surface area contributed by atoms with Crippen molar-refractivity contribution in [2.45, 2.75) is 33.9 Å².